The molecule has 0 bridgehead atoms. The smallest absolute Gasteiger partial charge is 0.404 e. The molecule has 0 spiro atoms. The SMILES string of the molecule is CCCCCc1ccc(C=CC=C2OC(=O)NC2=O)cc1. The molecule has 0 aliphatic carbocycles. The molecule has 4 nitrogen and oxygen atoms in total. The van der Waals surface area contributed by atoms with Crippen LogP contribution in [0.15, 0.2) is 42.2 Å². The first-order valence-corrected chi connectivity index (χ1v) is 7.19. The molecule has 1 saturated heterocycles. The van der Waals surface area contributed by atoms with Crippen LogP contribution < -0.4 is 5.32 Å². The number of ether oxygens (including phenoxy) is 1. The molecular weight excluding hydrogens is 266 g/mol. The van der Waals surface area contributed by atoms with Gasteiger partial charge in [0.25, 0.3) is 5.91 Å². The lowest BCUT2D eigenvalue weighted by molar-refractivity contribution is -0.116. The van der Waals surface area contributed by atoms with Crippen LogP contribution in [0.4, 0.5) is 4.79 Å². The number of aryl methyl sites for hydroxylation is 1. The van der Waals surface area contributed by atoms with E-state index in [0.717, 1.165) is 12.0 Å². The molecule has 1 heterocycles. The van der Waals surface area contributed by atoms with Crippen LogP contribution in [0.2, 0.25) is 0 Å². The van der Waals surface area contributed by atoms with Crippen molar-refractivity contribution < 1.29 is 14.3 Å². The number of rotatable bonds is 6. The van der Waals surface area contributed by atoms with Gasteiger partial charge in [-0.3, -0.25) is 10.1 Å². The first kappa shape index (κ1) is 15.0. The van der Waals surface area contributed by atoms with Crippen molar-refractivity contribution in [3.8, 4) is 0 Å². The van der Waals surface area contributed by atoms with Crippen molar-refractivity contribution in [1.82, 2.24) is 5.32 Å². The predicted octanol–water partition coefficient (Wildman–Crippen LogP) is 3.58. The maximum atomic E-state index is 11.2. The zero-order valence-electron chi connectivity index (χ0n) is 12.1. The van der Waals surface area contributed by atoms with E-state index in [-0.39, 0.29) is 5.76 Å². The van der Waals surface area contributed by atoms with Crippen molar-refractivity contribution in [2.75, 3.05) is 0 Å². The van der Waals surface area contributed by atoms with Crippen molar-refractivity contribution in [3.05, 3.63) is 53.3 Å². The summed E-state index contributed by atoms with van der Waals surface area (Å²) in [6.07, 6.45) is 9.13. The number of hydrogen-bond acceptors (Lipinski definition) is 3. The van der Waals surface area contributed by atoms with Crippen LogP contribution in [0.1, 0.15) is 37.3 Å². The van der Waals surface area contributed by atoms with Crippen LogP contribution in [0.5, 0.6) is 0 Å². The van der Waals surface area contributed by atoms with E-state index in [1.165, 1.54) is 30.9 Å². The van der Waals surface area contributed by atoms with Gasteiger partial charge in [0.1, 0.15) is 0 Å². The fraction of sp³-hybridized carbons (Fsp3) is 0.294. The standard InChI is InChI=1S/C17H19NO3/c1-2-3-4-6-13-9-11-14(12-10-13)7-5-8-15-16(19)18-17(20)21-15/h5,7-12H,2-4,6H2,1H3,(H,18,19,20). The van der Waals surface area contributed by atoms with Crippen LogP contribution in [0.25, 0.3) is 6.08 Å². The zero-order chi connectivity index (χ0) is 15.1. The molecule has 0 radical (unpaired) electrons. The first-order chi connectivity index (χ1) is 10.2. The minimum Gasteiger partial charge on any atom is -0.404 e. The second-order valence-corrected chi connectivity index (χ2v) is 4.93. The molecule has 1 aromatic rings. The highest BCUT2D eigenvalue weighted by Gasteiger charge is 2.25. The Hall–Kier alpha value is -2.36. The van der Waals surface area contributed by atoms with Gasteiger partial charge in [-0.05, 0) is 30.0 Å². The van der Waals surface area contributed by atoms with Gasteiger partial charge >= 0.3 is 6.09 Å². The third kappa shape index (κ3) is 4.60. The number of hydrogen-bond donors (Lipinski definition) is 1. The lowest BCUT2D eigenvalue weighted by atomic mass is 10.1. The fourth-order valence-corrected chi connectivity index (χ4v) is 2.06. The summed E-state index contributed by atoms with van der Waals surface area (Å²) in [4.78, 5) is 22.1. The Bertz CT molecular complexity index is 570. The summed E-state index contributed by atoms with van der Waals surface area (Å²) in [6, 6.07) is 8.31. The molecule has 21 heavy (non-hydrogen) atoms. The number of cyclic esters (lactones) is 1. The van der Waals surface area contributed by atoms with Gasteiger partial charge in [-0.15, -0.1) is 0 Å². The van der Waals surface area contributed by atoms with Crippen LogP contribution in [0, 0.1) is 0 Å². The Morgan fingerprint density at radius 2 is 1.90 bits per heavy atom. The molecule has 2 rings (SSSR count). The van der Waals surface area contributed by atoms with Gasteiger partial charge in [0, 0.05) is 0 Å². The molecule has 1 aromatic carbocycles. The number of alkyl carbamates (subject to hydrolysis) is 1. The molecule has 1 N–H and O–H groups in total. The van der Waals surface area contributed by atoms with E-state index >= 15 is 0 Å². The fourth-order valence-electron chi connectivity index (χ4n) is 2.06. The number of carbonyl (C=O) groups is 2. The Morgan fingerprint density at radius 1 is 1.14 bits per heavy atom. The molecule has 1 fully saturated rings. The average molecular weight is 285 g/mol. The summed E-state index contributed by atoms with van der Waals surface area (Å²) in [5.41, 5.74) is 2.37. The van der Waals surface area contributed by atoms with E-state index in [1.807, 2.05) is 23.5 Å². The van der Waals surface area contributed by atoms with E-state index in [9.17, 15) is 9.59 Å². The summed E-state index contributed by atoms with van der Waals surface area (Å²) >= 11 is 0. The van der Waals surface area contributed by atoms with Gasteiger partial charge in [0.05, 0.1) is 0 Å². The van der Waals surface area contributed by atoms with Crippen LogP contribution in [0.3, 0.4) is 0 Å². The molecule has 0 atom stereocenters. The highest BCUT2D eigenvalue weighted by molar-refractivity contribution is 6.07. The van der Waals surface area contributed by atoms with Crippen LogP contribution in [-0.4, -0.2) is 12.0 Å². The highest BCUT2D eigenvalue weighted by Crippen LogP contribution is 2.11. The van der Waals surface area contributed by atoms with Gasteiger partial charge < -0.3 is 4.74 Å². The van der Waals surface area contributed by atoms with Gasteiger partial charge in [-0.2, -0.15) is 0 Å². The lowest BCUT2D eigenvalue weighted by Gasteiger charge is -2.01. The van der Waals surface area contributed by atoms with Crippen molar-refractivity contribution >= 4 is 18.1 Å². The Kier molecular flexibility index (Phi) is 5.32. The van der Waals surface area contributed by atoms with Crippen LogP contribution in [-0.2, 0) is 16.0 Å². The molecule has 0 saturated carbocycles. The maximum absolute atomic E-state index is 11.2. The number of allylic oxidation sites excluding steroid dienone is 2. The number of imide groups is 1. The van der Waals surface area contributed by atoms with E-state index < -0.39 is 12.0 Å². The molecule has 2 amide bonds. The number of amides is 2. The molecule has 4 heteroatoms. The summed E-state index contributed by atoms with van der Waals surface area (Å²) < 4.78 is 4.70. The van der Waals surface area contributed by atoms with Crippen molar-refractivity contribution in [2.45, 2.75) is 32.6 Å². The van der Waals surface area contributed by atoms with Crippen molar-refractivity contribution in [3.63, 3.8) is 0 Å². The summed E-state index contributed by atoms with van der Waals surface area (Å²) in [6.45, 7) is 2.20. The van der Waals surface area contributed by atoms with Gasteiger partial charge in [0.15, 0.2) is 5.76 Å². The number of unbranched alkanes of at least 4 members (excludes halogenated alkanes) is 2. The second-order valence-electron chi connectivity index (χ2n) is 4.93. The number of nitrogens with one attached hydrogen (secondary N) is 1. The monoisotopic (exact) mass is 285 g/mol. The minimum atomic E-state index is -0.726. The Labute approximate surface area is 124 Å². The largest absolute Gasteiger partial charge is 0.419 e. The third-order valence-corrected chi connectivity index (χ3v) is 3.23. The predicted molar refractivity (Wildman–Crippen MR) is 81.4 cm³/mol. The topological polar surface area (TPSA) is 55.4 Å². The van der Waals surface area contributed by atoms with Crippen molar-refractivity contribution in [2.24, 2.45) is 0 Å². The summed E-state index contributed by atoms with van der Waals surface area (Å²) in [5, 5.41) is 2.05. The second kappa shape index (κ2) is 7.43. The molecule has 1 aliphatic heterocycles. The van der Waals surface area contributed by atoms with E-state index in [1.54, 1.807) is 6.08 Å². The van der Waals surface area contributed by atoms with Crippen molar-refractivity contribution in [1.29, 1.82) is 0 Å². The average Bonchev–Trinajstić information content (AvgIpc) is 2.79. The first-order valence-electron chi connectivity index (χ1n) is 7.19. The zero-order valence-corrected chi connectivity index (χ0v) is 12.1. The van der Waals surface area contributed by atoms with E-state index in [4.69, 9.17) is 4.74 Å². The quantitative estimate of drug-likeness (QED) is 0.642. The highest BCUT2D eigenvalue weighted by atomic mass is 16.6. The molecule has 0 aromatic heterocycles. The maximum Gasteiger partial charge on any atom is 0.419 e. The Balaban J connectivity index is 1.91. The van der Waals surface area contributed by atoms with E-state index in [2.05, 4.69) is 19.1 Å². The molecule has 110 valence electrons. The minimum absolute atomic E-state index is 0.0208. The van der Waals surface area contributed by atoms with Gasteiger partial charge in [-0.1, -0.05) is 56.2 Å². The Morgan fingerprint density at radius 3 is 2.52 bits per heavy atom. The van der Waals surface area contributed by atoms with Gasteiger partial charge in [0.2, 0.25) is 0 Å². The number of benzene rings is 1. The summed E-state index contributed by atoms with van der Waals surface area (Å²) in [5.74, 6) is -0.483. The number of carbonyl (C=O) groups excluding carboxylic acids is 2. The molecule has 1 aliphatic rings. The van der Waals surface area contributed by atoms with E-state index in [0.29, 0.717) is 0 Å². The lowest BCUT2D eigenvalue weighted by Crippen LogP contribution is -2.18. The molecular formula is C17H19NO3. The normalized spacial score (nSPS) is 16.5. The molecule has 0 unspecified atom stereocenters. The summed E-state index contributed by atoms with van der Waals surface area (Å²) in [7, 11) is 0. The van der Waals surface area contributed by atoms with Gasteiger partial charge in [-0.25, -0.2) is 4.79 Å². The van der Waals surface area contributed by atoms with Crippen LogP contribution >= 0.6 is 0 Å². The third-order valence-electron chi connectivity index (χ3n) is 3.23.